The first-order valence-electron chi connectivity index (χ1n) is 9.03. The Morgan fingerprint density at radius 1 is 1.03 bits per heavy atom. The zero-order chi connectivity index (χ0) is 20.2. The number of hydrogen-bond acceptors (Lipinski definition) is 3. The summed E-state index contributed by atoms with van der Waals surface area (Å²) < 4.78 is 5.46. The van der Waals surface area contributed by atoms with E-state index in [1.165, 1.54) is 28.5 Å². The minimum Gasteiger partial charge on any atom is -0.449 e. The molecule has 2 aromatic carbocycles. The Kier molecular flexibility index (Phi) is 5.71. The maximum absolute atomic E-state index is 12.1. The van der Waals surface area contributed by atoms with Crippen molar-refractivity contribution >= 4 is 29.3 Å². The minimum atomic E-state index is -0.524. The lowest BCUT2D eigenvalue weighted by Gasteiger charge is -2.14. The SMILES string of the molecule is O=C(NCC#Cc1c(Cl)ccnc1Cl)OCC1c2ccccc2-c2ccccc21. The molecule has 0 radical (unpaired) electrons. The van der Waals surface area contributed by atoms with E-state index < -0.39 is 6.09 Å². The first-order chi connectivity index (χ1) is 14.1. The van der Waals surface area contributed by atoms with Crippen LogP contribution < -0.4 is 5.32 Å². The van der Waals surface area contributed by atoms with E-state index in [1.807, 2.05) is 24.3 Å². The summed E-state index contributed by atoms with van der Waals surface area (Å²) in [6.07, 6.45) is 0.981. The van der Waals surface area contributed by atoms with Crippen molar-refractivity contribution in [1.82, 2.24) is 10.3 Å². The molecule has 0 fully saturated rings. The number of rotatable bonds is 3. The van der Waals surface area contributed by atoms with Crippen LogP contribution in [-0.4, -0.2) is 24.2 Å². The van der Waals surface area contributed by atoms with Crippen LogP contribution in [0.15, 0.2) is 60.8 Å². The molecule has 1 aliphatic carbocycles. The molecule has 1 amide bonds. The first kappa shape index (κ1) is 19.3. The Morgan fingerprint density at radius 3 is 2.34 bits per heavy atom. The van der Waals surface area contributed by atoms with Crippen LogP contribution in [-0.2, 0) is 4.74 Å². The van der Waals surface area contributed by atoms with Crippen LogP contribution in [0, 0.1) is 11.8 Å². The van der Waals surface area contributed by atoms with Gasteiger partial charge in [-0.1, -0.05) is 83.6 Å². The van der Waals surface area contributed by atoms with Crippen LogP contribution in [0.4, 0.5) is 4.79 Å². The van der Waals surface area contributed by atoms with E-state index in [-0.39, 0.29) is 24.2 Å². The number of aromatic nitrogens is 1. The largest absolute Gasteiger partial charge is 0.449 e. The summed E-state index contributed by atoms with van der Waals surface area (Å²) in [6, 6.07) is 18.0. The summed E-state index contributed by atoms with van der Waals surface area (Å²) in [5.74, 6) is 5.64. The normalized spacial score (nSPS) is 11.8. The molecule has 3 aromatic rings. The average molecular weight is 423 g/mol. The summed E-state index contributed by atoms with van der Waals surface area (Å²) in [6.45, 7) is 0.367. The van der Waals surface area contributed by atoms with Crippen LogP contribution >= 0.6 is 23.2 Å². The fourth-order valence-electron chi connectivity index (χ4n) is 3.42. The fraction of sp³-hybridized carbons (Fsp3) is 0.130. The highest BCUT2D eigenvalue weighted by Crippen LogP contribution is 2.44. The summed E-state index contributed by atoms with van der Waals surface area (Å²) in [5.41, 5.74) is 5.15. The van der Waals surface area contributed by atoms with Crippen LogP contribution in [0.2, 0.25) is 10.2 Å². The molecule has 0 spiro atoms. The molecule has 0 saturated heterocycles. The Morgan fingerprint density at radius 2 is 1.69 bits per heavy atom. The van der Waals surface area contributed by atoms with E-state index >= 15 is 0 Å². The number of nitrogens with zero attached hydrogens (tertiary/aromatic N) is 1. The smallest absolute Gasteiger partial charge is 0.407 e. The van der Waals surface area contributed by atoms with Crippen molar-refractivity contribution in [3.05, 3.63) is 87.7 Å². The number of pyridine rings is 1. The average Bonchev–Trinajstić information content (AvgIpc) is 3.05. The van der Waals surface area contributed by atoms with Crippen molar-refractivity contribution in [3.8, 4) is 23.0 Å². The predicted molar refractivity (Wildman–Crippen MR) is 114 cm³/mol. The van der Waals surface area contributed by atoms with Gasteiger partial charge in [0, 0.05) is 12.1 Å². The molecule has 144 valence electrons. The summed E-state index contributed by atoms with van der Waals surface area (Å²) >= 11 is 12.0. The number of fused-ring (bicyclic) bond motifs is 3. The molecule has 0 unspecified atom stereocenters. The van der Waals surface area contributed by atoms with Gasteiger partial charge in [-0.3, -0.25) is 0 Å². The number of nitrogens with one attached hydrogen (secondary N) is 1. The third-order valence-corrected chi connectivity index (χ3v) is 5.33. The summed E-state index contributed by atoms with van der Waals surface area (Å²) in [4.78, 5) is 16.0. The lowest BCUT2D eigenvalue weighted by Crippen LogP contribution is -2.26. The summed E-state index contributed by atoms with van der Waals surface area (Å²) in [7, 11) is 0. The van der Waals surface area contributed by atoms with Gasteiger partial charge in [-0.05, 0) is 28.3 Å². The second kappa shape index (κ2) is 8.57. The second-order valence-electron chi connectivity index (χ2n) is 6.44. The number of amides is 1. The van der Waals surface area contributed by atoms with Gasteiger partial charge in [0.25, 0.3) is 0 Å². The monoisotopic (exact) mass is 422 g/mol. The van der Waals surface area contributed by atoms with Gasteiger partial charge < -0.3 is 10.1 Å². The van der Waals surface area contributed by atoms with E-state index in [0.717, 1.165) is 0 Å². The predicted octanol–water partition coefficient (Wildman–Crippen LogP) is 5.28. The highest BCUT2D eigenvalue weighted by Gasteiger charge is 2.28. The number of benzene rings is 2. The molecule has 1 heterocycles. The topological polar surface area (TPSA) is 51.2 Å². The van der Waals surface area contributed by atoms with Crippen LogP contribution in [0.1, 0.15) is 22.6 Å². The number of hydrogen-bond donors (Lipinski definition) is 1. The van der Waals surface area contributed by atoms with Crippen molar-refractivity contribution < 1.29 is 9.53 Å². The lowest BCUT2D eigenvalue weighted by molar-refractivity contribution is 0.144. The van der Waals surface area contributed by atoms with E-state index in [1.54, 1.807) is 6.07 Å². The zero-order valence-electron chi connectivity index (χ0n) is 15.3. The molecule has 6 heteroatoms. The third-order valence-electron chi connectivity index (χ3n) is 4.73. The second-order valence-corrected chi connectivity index (χ2v) is 7.20. The van der Waals surface area contributed by atoms with Gasteiger partial charge in [-0.25, -0.2) is 9.78 Å². The summed E-state index contributed by atoms with van der Waals surface area (Å²) in [5, 5.41) is 3.27. The first-order valence-corrected chi connectivity index (χ1v) is 9.78. The molecule has 29 heavy (non-hydrogen) atoms. The number of carbonyl (C=O) groups excluding carboxylic acids is 1. The molecule has 1 aromatic heterocycles. The molecule has 4 rings (SSSR count). The van der Waals surface area contributed by atoms with Crippen molar-refractivity contribution in [2.45, 2.75) is 5.92 Å². The highest BCUT2D eigenvalue weighted by molar-refractivity contribution is 6.35. The van der Waals surface area contributed by atoms with Crippen LogP contribution in [0.5, 0.6) is 0 Å². The molecular formula is C23H16Cl2N2O2. The quantitative estimate of drug-likeness (QED) is 0.461. The van der Waals surface area contributed by atoms with Gasteiger partial charge in [-0.2, -0.15) is 0 Å². The Balaban J connectivity index is 1.37. The van der Waals surface area contributed by atoms with Gasteiger partial charge in [0.15, 0.2) is 0 Å². The molecule has 1 aliphatic rings. The van der Waals surface area contributed by atoms with Gasteiger partial charge in [0.2, 0.25) is 0 Å². The molecular weight excluding hydrogens is 407 g/mol. The lowest BCUT2D eigenvalue weighted by atomic mass is 9.98. The van der Waals surface area contributed by atoms with Crippen molar-refractivity contribution in [2.24, 2.45) is 0 Å². The molecule has 0 bridgehead atoms. The van der Waals surface area contributed by atoms with Crippen LogP contribution in [0.3, 0.4) is 0 Å². The van der Waals surface area contributed by atoms with Gasteiger partial charge in [-0.15, -0.1) is 0 Å². The highest BCUT2D eigenvalue weighted by atomic mass is 35.5. The molecule has 0 saturated carbocycles. The van der Waals surface area contributed by atoms with Crippen LogP contribution in [0.25, 0.3) is 11.1 Å². The number of carbonyl (C=O) groups is 1. The Labute approximate surface area is 178 Å². The van der Waals surface area contributed by atoms with E-state index in [4.69, 9.17) is 27.9 Å². The molecule has 0 atom stereocenters. The Bertz CT molecular complexity index is 1070. The van der Waals surface area contributed by atoms with Crippen molar-refractivity contribution in [2.75, 3.05) is 13.2 Å². The maximum atomic E-state index is 12.1. The molecule has 4 nitrogen and oxygen atoms in total. The molecule has 1 N–H and O–H groups in total. The molecule has 0 aliphatic heterocycles. The zero-order valence-corrected chi connectivity index (χ0v) is 16.8. The maximum Gasteiger partial charge on any atom is 0.407 e. The number of ether oxygens (including phenoxy) is 1. The Hall–Kier alpha value is -3.00. The van der Waals surface area contributed by atoms with E-state index in [0.29, 0.717) is 10.6 Å². The standard InChI is InChI=1S/C23H16Cl2N2O2/c24-21-11-13-26-22(25)19(21)10-5-12-27-23(28)29-14-20-17-8-3-1-6-15(17)16-7-2-4-9-18(16)20/h1-4,6-9,11,13,20H,12,14H2,(H,27,28). The van der Waals surface area contributed by atoms with Crippen molar-refractivity contribution in [1.29, 1.82) is 0 Å². The van der Waals surface area contributed by atoms with Crippen molar-refractivity contribution in [3.63, 3.8) is 0 Å². The fourth-order valence-corrected chi connectivity index (χ4v) is 3.87. The number of alkyl carbamates (subject to hydrolysis) is 1. The van der Waals surface area contributed by atoms with E-state index in [9.17, 15) is 4.79 Å². The van der Waals surface area contributed by atoms with Gasteiger partial charge >= 0.3 is 6.09 Å². The minimum absolute atomic E-state index is 0.0206. The number of halogens is 2. The van der Waals surface area contributed by atoms with Gasteiger partial charge in [0.05, 0.1) is 17.1 Å². The third kappa shape index (κ3) is 4.07. The van der Waals surface area contributed by atoms with E-state index in [2.05, 4.69) is 46.4 Å². The van der Waals surface area contributed by atoms with Gasteiger partial charge in [0.1, 0.15) is 11.8 Å².